The first-order valence-corrected chi connectivity index (χ1v) is 5.76. The maximum absolute atomic E-state index is 11.7. The maximum Gasteiger partial charge on any atom is 0.260 e. The van der Waals surface area contributed by atoms with E-state index in [1.807, 2.05) is 0 Å². The van der Waals surface area contributed by atoms with Crippen LogP contribution < -0.4 is 5.32 Å². The Labute approximate surface area is 98.5 Å². The third kappa shape index (κ3) is 2.40. The van der Waals surface area contributed by atoms with Crippen molar-refractivity contribution >= 4 is 38.3 Å². The predicted octanol–water partition coefficient (Wildman–Crippen LogP) is 2.55. The lowest BCUT2D eigenvalue weighted by atomic mass is 10.3. The Morgan fingerprint density at radius 3 is 2.93 bits per heavy atom. The summed E-state index contributed by atoms with van der Waals surface area (Å²) >= 11 is 4.59. The Morgan fingerprint density at radius 1 is 1.40 bits per heavy atom. The highest BCUT2D eigenvalue weighted by Crippen LogP contribution is 2.16. The van der Waals surface area contributed by atoms with E-state index in [4.69, 9.17) is 0 Å². The summed E-state index contributed by atoms with van der Waals surface area (Å²) in [5.41, 5.74) is 0.493. The Bertz CT molecular complexity index is 472. The van der Waals surface area contributed by atoms with Gasteiger partial charge in [-0.2, -0.15) is 0 Å². The molecule has 6 heteroatoms. The predicted molar refractivity (Wildman–Crippen MR) is 62.0 cm³/mol. The summed E-state index contributed by atoms with van der Waals surface area (Å²) in [5, 5.41) is 5.06. The average Bonchev–Trinajstić information content (AvgIpc) is 2.71. The largest absolute Gasteiger partial charge is 0.298 e. The summed E-state index contributed by atoms with van der Waals surface area (Å²) in [6, 6.07) is 3.40. The minimum absolute atomic E-state index is 0.218. The molecule has 0 unspecified atom stereocenters. The molecule has 0 atom stereocenters. The van der Waals surface area contributed by atoms with Gasteiger partial charge in [0.05, 0.1) is 5.56 Å². The van der Waals surface area contributed by atoms with E-state index < -0.39 is 0 Å². The van der Waals surface area contributed by atoms with Crippen LogP contribution in [0.5, 0.6) is 0 Å². The number of amides is 1. The topological polar surface area (TPSA) is 54.9 Å². The van der Waals surface area contributed by atoms with E-state index in [1.165, 1.54) is 11.3 Å². The molecule has 1 amide bonds. The van der Waals surface area contributed by atoms with Crippen LogP contribution in [0, 0.1) is 0 Å². The fourth-order valence-corrected chi connectivity index (χ4v) is 1.96. The zero-order valence-electron chi connectivity index (χ0n) is 7.48. The number of hydrogen-bond donors (Lipinski definition) is 1. The molecule has 0 aromatic carbocycles. The van der Waals surface area contributed by atoms with Crippen molar-refractivity contribution in [2.45, 2.75) is 0 Å². The van der Waals surface area contributed by atoms with E-state index >= 15 is 0 Å². The first kappa shape index (κ1) is 10.3. The molecule has 0 bridgehead atoms. The number of thiazole rings is 1. The van der Waals surface area contributed by atoms with E-state index in [0.29, 0.717) is 15.3 Å². The van der Waals surface area contributed by atoms with Crippen LogP contribution in [-0.4, -0.2) is 15.9 Å². The summed E-state index contributed by atoms with van der Waals surface area (Å²) in [6.45, 7) is 0. The lowest BCUT2D eigenvalue weighted by Gasteiger charge is -2.02. The van der Waals surface area contributed by atoms with Gasteiger partial charge in [0, 0.05) is 17.8 Å². The van der Waals surface area contributed by atoms with Crippen LogP contribution in [-0.2, 0) is 0 Å². The van der Waals surface area contributed by atoms with Crippen LogP contribution >= 0.6 is 27.3 Å². The number of pyridine rings is 1. The van der Waals surface area contributed by atoms with Crippen molar-refractivity contribution in [2.24, 2.45) is 0 Å². The van der Waals surface area contributed by atoms with Crippen molar-refractivity contribution in [2.75, 3.05) is 5.32 Å². The number of nitrogens with one attached hydrogen (secondary N) is 1. The lowest BCUT2D eigenvalue weighted by Crippen LogP contribution is -2.12. The van der Waals surface area contributed by atoms with Gasteiger partial charge in [-0.25, -0.2) is 9.97 Å². The van der Waals surface area contributed by atoms with E-state index in [2.05, 4.69) is 31.2 Å². The Balaban J connectivity index is 2.19. The van der Waals surface area contributed by atoms with Crippen molar-refractivity contribution in [3.8, 4) is 0 Å². The van der Waals surface area contributed by atoms with E-state index in [-0.39, 0.29) is 5.91 Å². The van der Waals surface area contributed by atoms with Crippen LogP contribution in [0.15, 0.2) is 34.5 Å². The molecule has 1 N–H and O–H groups in total. The summed E-state index contributed by atoms with van der Waals surface area (Å²) in [6.07, 6.45) is 3.25. The SMILES string of the molecule is O=C(Nc1nccs1)c1cccnc1Br. The first-order chi connectivity index (χ1) is 7.27. The maximum atomic E-state index is 11.7. The highest BCUT2D eigenvalue weighted by Gasteiger charge is 2.10. The minimum atomic E-state index is -0.218. The quantitative estimate of drug-likeness (QED) is 0.862. The Morgan fingerprint density at radius 2 is 2.27 bits per heavy atom. The summed E-state index contributed by atoms with van der Waals surface area (Å²) in [5.74, 6) is -0.218. The average molecular weight is 284 g/mol. The zero-order valence-corrected chi connectivity index (χ0v) is 9.88. The smallest absolute Gasteiger partial charge is 0.260 e. The molecular formula is C9H6BrN3OS. The molecule has 0 radical (unpaired) electrons. The second-order valence-corrected chi connectivity index (χ2v) is 4.28. The molecule has 0 fully saturated rings. The molecule has 0 aliphatic carbocycles. The number of hydrogen-bond acceptors (Lipinski definition) is 4. The molecule has 0 aliphatic heterocycles. The molecule has 15 heavy (non-hydrogen) atoms. The number of carbonyl (C=O) groups excluding carboxylic acids is 1. The molecule has 2 aromatic rings. The van der Waals surface area contributed by atoms with Gasteiger partial charge in [0.15, 0.2) is 5.13 Å². The molecule has 2 heterocycles. The molecular weight excluding hydrogens is 278 g/mol. The highest BCUT2D eigenvalue weighted by molar-refractivity contribution is 9.10. The van der Waals surface area contributed by atoms with Gasteiger partial charge >= 0.3 is 0 Å². The summed E-state index contributed by atoms with van der Waals surface area (Å²) in [4.78, 5) is 19.6. The molecule has 2 aromatic heterocycles. The second-order valence-electron chi connectivity index (χ2n) is 2.63. The second kappa shape index (κ2) is 4.50. The van der Waals surface area contributed by atoms with E-state index in [9.17, 15) is 4.79 Å². The van der Waals surface area contributed by atoms with Crippen LogP contribution in [0.25, 0.3) is 0 Å². The van der Waals surface area contributed by atoms with Crippen LogP contribution in [0.2, 0.25) is 0 Å². The summed E-state index contributed by atoms with van der Waals surface area (Å²) < 4.78 is 0.527. The number of anilines is 1. The minimum Gasteiger partial charge on any atom is -0.298 e. The van der Waals surface area contributed by atoms with Gasteiger partial charge in [-0.05, 0) is 28.1 Å². The van der Waals surface area contributed by atoms with Crippen LogP contribution in [0.3, 0.4) is 0 Å². The van der Waals surface area contributed by atoms with Crippen LogP contribution in [0.4, 0.5) is 5.13 Å². The van der Waals surface area contributed by atoms with Gasteiger partial charge in [-0.15, -0.1) is 11.3 Å². The molecule has 2 rings (SSSR count). The van der Waals surface area contributed by atoms with Gasteiger partial charge < -0.3 is 0 Å². The van der Waals surface area contributed by atoms with Gasteiger partial charge in [0.2, 0.25) is 0 Å². The fourth-order valence-electron chi connectivity index (χ4n) is 1.01. The third-order valence-electron chi connectivity index (χ3n) is 1.66. The molecule has 0 aliphatic rings. The fraction of sp³-hybridized carbons (Fsp3) is 0. The number of rotatable bonds is 2. The molecule has 0 saturated heterocycles. The van der Waals surface area contributed by atoms with Gasteiger partial charge in [-0.1, -0.05) is 0 Å². The first-order valence-electron chi connectivity index (χ1n) is 4.09. The van der Waals surface area contributed by atoms with Crippen molar-refractivity contribution in [3.63, 3.8) is 0 Å². The molecule has 4 nitrogen and oxygen atoms in total. The highest BCUT2D eigenvalue weighted by atomic mass is 79.9. The van der Waals surface area contributed by atoms with Crippen LogP contribution in [0.1, 0.15) is 10.4 Å². The zero-order chi connectivity index (χ0) is 10.7. The van der Waals surface area contributed by atoms with Gasteiger partial charge in [0.25, 0.3) is 5.91 Å². The molecule has 76 valence electrons. The third-order valence-corrected chi connectivity index (χ3v) is 2.98. The standard InChI is InChI=1S/C9H6BrN3OS/c10-7-6(2-1-3-11-7)8(14)13-9-12-4-5-15-9/h1-5H,(H,12,13,14). The normalized spacial score (nSPS) is 9.93. The number of nitrogens with zero attached hydrogens (tertiary/aromatic N) is 2. The van der Waals surface area contributed by atoms with Gasteiger partial charge in [0.1, 0.15) is 4.60 Å². The number of halogens is 1. The molecule has 0 spiro atoms. The lowest BCUT2D eigenvalue weighted by molar-refractivity contribution is 0.102. The molecule has 0 saturated carbocycles. The summed E-state index contributed by atoms with van der Waals surface area (Å²) in [7, 11) is 0. The van der Waals surface area contributed by atoms with Crippen molar-refractivity contribution in [3.05, 3.63) is 40.1 Å². The van der Waals surface area contributed by atoms with E-state index in [0.717, 1.165) is 0 Å². The number of aromatic nitrogens is 2. The van der Waals surface area contributed by atoms with Crippen molar-refractivity contribution in [1.29, 1.82) is 0 Å². The van der Waals surface area contributed by atoms with Crippen molar-refractivity contribution < 1.29 is 4.79 Å². The van der Waals surface area contributed by atoms with E-state index in [1.54, 1.807) is 29.9 Å². The number of carbonyl (C=O) groups is 1. The van der Waals surface area contributed by atoms with Gasteiger partial charge in [-0.3, -0.25) is 10.1 Å². The Hall–Kier alpha value is -1.27. The van der Waals surface area contributed by atoms with Crippen molar-refractivity contribution in [1.82, 2.24) is 9.97 Å². The monoisotopic (exact) mass is 283 g/mol. The Kier molecular flexibility index (Phi) is 3.08.